The van der Waals surface area contributed by atoms with Crippen LogP contribution in [0.5, 0.6) is 0 Å². The summed E-state index contributed by atoms with van der Waals surface area (Å²) in [5, 5.41) is 2.25. The summed E-state index contributed by atoms with van der Waals surface area (Å²) in [5.41, 5.74) is -0.830. The molecule has 0 aliphatic carbocycles. The third-order valence-corrected chi connectivity index (χ3v) is 1.68. The Morgan fingerprint density at radius 1 is 1.53 bits per heavy atom. The molecule has 0 radical (unpaired) electrons. The monoisotopic (exact) mass is 218 g/mol. The Balaban J connectivity index is 2.88. The van der Waals surface area contributed by atoms with Gasteiger partial charge in [-0.3, -0.25) is 4.79 Å². The van der Waals surface area contributed by atoms with Crippen LogP contribution in [-0.2, 0) is 11.0 Å². The Bertz CT molecular complexity index is 363. The first-order valence-electron chi connectivity index (χ1n) is 4.26. The summed E-state index contributed by atoms with van der Waals surface area (Å²) in [5.74, 6) is -0.460. The molecule has 0 aromatic carbocycles. The van der Waals surface area contributed by atoms with Gasteiger partial charge >= 0.3 is 6.18 Å². The van der Waals surface area contributed by atoms with Gasteiger partial charge in [-0.1, -0.05) is 6.92 Å². The summed E-state index contributed by atoms with van der Waals surface area (Å²) in [6, 6.07) is 1.65. The van der Waals surface area contributed by atoms with Gasteiger partial charge in [0.25, 0.3) is 0 Å². The lowest BCUT2D eigenvalue weighted by Crippen LogP contribution is -2.12. The van der Waals surface area contributed by atoms with E-state index in [9.17, 15) is 18.0 Å². The van der Waals surface area contributed by atoms with Crippen LogP contribution in [0.2, 0.25) is 0 Å². The molecule has 0 aliphatic heterocycles. The molecule has 1 amide bonds. The molecule has 0 atom stereocenters. The third kappa shape index (κ3) is 3.23. The second-order valence-electron chi connectivity index (χ2n) is 2.83. The molecule has 15 heavy (non-hydrogen) atoms. The number of anilines is 1. The lowest BCUT2D eigenvalue weighted by molar-refractivity contribution is -0.137. The molecule has 6 heteroatoms. The van der Waals surface area contributed by atoms with Gasteiger partial charge in [0.05, 0.1) is 5.56 Å². The van der Waals surface area contributed by atoms with Crippen LogP contribution in [-0.4, -0.2) is 10.9 Å². The van der Waals surface area contributed by atoms with Gasteiger partial charge in [-0.15, -0.1) is 0 Å². The second kappa shape index (κ2) is 4.29. The predicted molar refractivity (Wildman–Crippen MR) is 48.2 cm³/mol. The number of rotatable bonds is 2. The maximum atomic E-state index is 12.2. The van der Waals surface area contributed by atoms with E-state index in [2.05, 4.69) is 10.3 Å². The largest absolute Gasteiger partial charge is 0.416 e. The number of hydrogen-bond donors (Lipinski definition) is 1. The minimum atomic E-state index is -4.42. The highest BCUT2D eigenvalue weighted by Gasteiger charge is 2.30. The van der Waals surface area contributed by atoms with Gasteiger partial charge in [-0.05, 0) is 12.1 Å². The number of aromatic nitrogens is 1. The Morgan fingerprint density at radius 3 is 2.73 bits per heavy atom. The Hall–Kier alpha value is -1.59. The van der Waals surface area contributed by atoms with Crippen LogP contribution in [0.15, 0.2) is 18.3 Å². The van der Waals surface area contributed by atoms with E-state index in [-0.39, 0.29) is 18.1 Å². The van der Waals surface area contributed by atoms with Crippen molar-refractivity contribution in [1.29, 1.82) is 0 Å². The van der Waals surface area contributed by atoms with Crippen LogP contribution < -0.4 is 5.32 Å². The fourth-order valence-corrected chi connectivity index (χ4v) is 0.906. The quantitative estimate of drug-likeness (QED) is 0.828. The molecule has 0 fully saturated rings. The van der Waals surface area contributed by atoms with Crippen molar-refractivity contribution >= 4 is 11.7 Å². The van der Waals surface area contributed by atoms with E-state index in [0.29, 0.717) is 0 Å². The number of nitrogens with one attached hydrogen (secondary N) is 1. The molecule has 1 heterocycles. The lowest BCUT2D eigenvalue weighted by Gasteiger charge is -2.08. The Morgan fingerprint density at radius 2 is 2.20 bits per heavy atom. The van der Waals surface area contributed by atoms with Crippen LogP contribution >= 0.6 is 0 Å². The minimum absolute atomic E-state index is 0.0864. The van der Waals surface area contributed by atoms with E-state index in [1.54, 1.807) is 6.92 Å². The van der Waals surface area contributed by atoms with Crippen molar-refractivity contribution in [2.75, 3.05) is 5.32 Å². The molecule has 0 saturated carbocycles. The normalized spacial score (nSPS) is 11.2. The highest BCUT2D eigenvalue weighted by atomic mass is 19.4. The van der Waals surface area contributed by atoms with Crippen LogP contribution in [0.3, 0.4) is 0 Å². The van der Waals surface area contributed by atoms with E-state index in [1.807, 2.05) is 0 Å². The summed E-state index contributed by atoms with van der Waals surface area (Å²) < 4.78 is 36.7. The molecule has 0 spiro atoms. The van der Waals surface area contributed by atoms with Crippen molar-refractivity contribution in [2.24, 2.45) is 0 Å². The summed E-state index contributed by atoms with van der Waals surface area (Å²) in [6.45, 7) is 1.60. The number of nitrogens with zero attached hydrogens (tertiary/aromatic N) is 1. The Kier molecular flexibility index (Phi) is 3.28. The maximum Gasteiger partial charge on any atom is 0.416 e. The maximum absolute atomic E-state index is 12.2. The van der Waals surface area contributed by atoms with Crippen molar-refractivity contribution in [3.8, 4) is 0 Å². The van der Waals surface area contributed by atoms with E-state index >= 15 is 0 Å². The fourth-order valence-electron chi connectivity index (χ4n) is 0.906. The molecular formula is C9H9F3N2O. The summed E-state index contributed by atoms with van der Waals surface area (Å²) in [4.78, 5) is 14.5. The molecular weight excluding hydrogens is 209 g/mol. The van der Waals surface area contributed by atoms with Crippen molar-refractivity contribution in [3.63, 3.8) is 0 Å². The summed E-state index contributed by atoms with van der Waals surface area (Å²) in [6.07, 6.45) is -3.22. The second-order valence-corrected chi connectivity index (χ2v) is 2.83. The number of halogens is 3. The molecule has 0 saturated heterocycles. The zero-order chi connectivity index (χ0) is 11.5. The first-order valence-corrected chi connectivity index (χ1v) is 4.26. The van der Waals surface area contributed by atoms with Crippen LogP contribution in [0.1, 0.15) is 18.9 Å². The van der Waals surface area contributed by atoms with Gasteiger partial charge in [-0.25, -0.2) is 4.98 Å². The van der Waals surface area contributed by atoms with Gasteiger partial charge in [0.1, 0.15) is 5.82 Å². The van der Waals surface area contributed by atoms with Crippen LogP contribution in [0.4, 0.5) is 19.0 Å². The van der Waals surface area contributed by atoms with Crippen LogP contribution in [0.25, 0.3) is 0 Å². The number of amides is 1. The van der Waals surface area contributed by atoms with E-state index in [4.69, 9.17) is 0 Å². The number of alkyl halides is 3. The first-order chi connectivity index (χ1) is 6.93. The first kappa shape index (κ1) is 11.5. The predicted octanol–water partition coefficient (Wildman–Crippen LogP) is 2.45. The van der Waals surface area contributed by atoms with Crippen molar-refractivity contribution in [1.82, 2.24) is 4.98 Å². The van der Waals surface area contributed by atoms with Gasteiger partial charge in [0, 0.05) is 12.6 Å². The van der Waals surface area contributed by atoms with Crippen molar-refractivity contribution in [3.05, 3.63) is 23.9 Å². The zero-order valence-corrected chi connectivity index (χ0v) is 7.93. The average molecular weight is 218 g/mol. The molecule has 1 N–H and O–H groups in total. The minimum Gasteiger partial charge on any atom is -0.311 e. The fraction of sp³-hybridized carbons (Fsp3) is 0.333. The number of pyridine rings is 1. The number of carbonyl (C=O) groups is 1. The molecule has 0 bridgehead atoms. The summed E-state index contributed by atoms with van der Waals surface area (Å²) in [7, 11) is 0. The number of hydrogen-bond acceptors (Lipinski definition) is 2. The Labute approximate surface area is 84.3 Å². The standard InChI is InChI=1S/C9H9F3N2O/c1-2-8(15)14-7-5-6(3-4-13-7)9(10,11)12/h3-5H,2H2,1H3,(H,13,14,15). The molecule has 1 aromatic heterocycles. The molecule has 1 aromatic rings. The highest BCUT2D eigenvalue weighted by Crippen LogP contribution is 2.29. The van der Waals surface area contributed by atoms with E-state index < -0.39 is 11.7 Å². The summed E-state index contributed by atoms with van der Waals surface area (Å²) >= 11 is 0. The van der Waals surface area contributed by atoms with E-state index in [1.165, 1.54) is 0 Å². The topological polar surface area (TPSA) is 42.0 Å². The molecule has 82 valence electrons. The zero-order valence-electron chi connectivity index (χ0n) is 7.93. The van der Waals surface area contributed by atoms with Gasteiger partial charge in [0.2, 0.25) is 5.91 Å². The average Bonchev–Trinajstić information content (AvgIpc) is 2.17. The lowest BCUT2D eigenvalue weighted by atomic mass is 10.2. The number of carbonyl (C=O) groups excluding carboxylic acids is 1. The van der Waals surface area contributed by atoms with Crippen molar-refractivity contribution < 1.29 is 18.0 Å². The molecule has 1 rings (SSSR count). The van der Waals surface area contributed by atoms with Gasteiger partial charge < -0.3 is 5.32 Å². The van der Waals surface area contributed by atoms with Crippen molar-refractivity contribution in [2.45, 2.75) is 19.5 Å². The highest BCUT2D eigenvalue weighted by molar-refractivity contribution is 5.89. The van der Waals surface area contributed by atoms with Gasteiger partial charge in [-0.2, -0.15) is 13.2 Å². The smallest absolute Gasteiger partial charge is 0.311 e. The third-order valence-electron chi connectivity index (χ3n) is 1.68. The SMILES string of the molecule is CCC(=O)Nc1cc(C(F)(F)F)ccn1. The van der Waals surface area contributed by atoms with Crippen LogP contribution in [0, 0.1) is 0 Å². The van der Waals surface area contributed by atoms with E-state index in [0.717, 1.165) is 18.3 Å². The molecule has 0 aliphatic rings. The molecule has 0 unspecified atom stereocenters. The molecule has 3 nitrogen and oxygen atoms in total. The van der Waals surface area contributed by atoms with Gasteiger partial charge in [0.15, 0.2) is 0 Å².